The van der Waals surface area contributed by atoms with E-state index in [1.165, 1.54) is 12.8 Å². The van der Waals surface area contributed by atoms with Crippen LogP contribution in [0.15, 0.2) is 0 Å². The summed E-state index contributed by atoms with van der Waals surface area (Å²) >= 11 is 0. The Balaban J connectivity index is 1.95. The molecule has 1 N–H and O–H groups in total. The number of aliphatic carboxylic acids is 1. The Morgan fingerprint density at radius 2 is 1.70 bits per heavy atom. The molecular formula is C15H26N2O3. The van der Waals surface area contributed by atoms with Gasteiger partial charge < -0.3 is 10.0 Å². The van der Waals surface area contributed by atoms with Crippen LogP contribution in [0.2, 0.25) is 0 Å². The number of hydrogen-bond acceptors (Lipinski definition) is 3. The zero-order chi connectivity index (χ0) is 14.7. The Morgan fingerprint density at radius 1 is 1.10 bits per heavy atom. The molecule has 2 aliphatic rings. The van der Waals surface area contributed by atoms with E-state index in [0.717, 1.165) is 25.9 Å². The predicted molar refractivity (Wildman–Crippen MR) is 76.4 cm³/mol. The fourth-order valence-corrected chi connectivity index (χ4v) is 3.35. The zero-order valence-electron chi connectivity index (χ0n) is 12.5. The number of carboxylic acid groups (broad SMARTS) is 1. The summed E-state index contributed by atoms with van der Waals surface area (Å²) in [5.74, 6) is -0.791. The van der Waals surface area contributed by atoms with Crippen LogP contribution in [-0.2, 0) is 9.59 Å². The van der Waals surface area contributed by atoms with E-state index in [0.29, 0.717) is 13.1 Å². The number of hydrogen-bond donors (Lipinski definition) is 1. The van der Waals surface area contributed by atoms with Crippen molar-refractivity contribution in [2.24, 2.45) is 11.8 Å². The molecule has 2 saturated heterocycles. The molecule has 1 unspecified atom stereocenters. The third kappa shape index (κ3) is 3.32. The lowest BCUT2D eigenvalue weighted by Gasteiger charge is -2.29. The van der Waals surface area contributed by atoms with E-state index in [-0.39, 0.29) is 23.8 Å². The highest BCUT2D eigenvalue weighted by Crippen LogP contribution is 2.25. The summed E-state index contributed by atoms with van der Waals surface area (Å²) < 4.78 is 0. The molecule has 1 amide bonds. The van der Waals surface area contributed by atoms with Crippen molar-refractivity contribution in [3.63, 3.8) is 0 Å². The number of carboxylic acids is 1. The van der Waals surface area contributed by atoms with Crippen LogP contribution < -0.4 is 0 Å². The van der Waals surface area contributed by atoms with Crippen molar-refractivity contribution in [2.75, 3.05) is 26.2 Å². The molecule has 2 rings (SSSR count). The molecule has 0 aromatic carbocycles. The maximum Gasteiger partial charge on any atom is 0.308 e. The fraction of sp³-hybridized carbons (Fsp3) is 0.867. The lowest BCUT2D eigenvalue weighted by molar-refractivity contribution is -0.143. The number of likely N-dealkylation sites (tertiary alicyclic amines) is 2. The van der Waals surface area contributed by atoms with Gasteiger partial charge in [-0.3, -0.25) is 14.5 Å². The van der Waals surface area contributed by atoms with Gasteiger partial charge >= 0.3 is 5.97 Å². The highest BCUT2D eigenvalue weighted by Gasteiger charge is 2.39. The lowest BCUT2D eigenvalue weighted by Crippen LogP contribution is -2.47. The van der Waals surface area contributed by atoms with Gasteiger partial charge in [0.2, 0.25) is 5.91 Å². The first-order valence-corrected chi connectivity index (χ1v) is 7.76. The molecule has 0 bridgehead atoms. The number of rotatable bonds is 3. The van der Waals surface area contributed by atoms with Crippen molar-refractivity contribution in [1.82, 2.24) is 9.80 Å². The summed E-state index contributed by atoms with van der Waals surface area (Å²) in [6, 6.07) is -0.195. The molecule has 0 radical (unpaired) electrons. The monoisotopic (exact) mass is 282 g/mol. The SMILES string of the molecule is CC(C(=O)N1CCCCCC1)N1C[C@@H](C)[C@H](C(=O)O)C1. The van der Waals surface area contributed by atoms with E-state index in [2.05, 4.69) is 0 Å². The number of nitrogens with zero attached hydrogens (tertiary/aromatic N) is 2. The van der Waals surface area contributed by atoms with E-state index >= 15 is 0 Å². The van der Waals surface area contributed by atoms with Gasteiger partial charge in [0, 0.05) is 26.2 Å². The van der Waals surface area contributed by atoms with Gasteiger partial charge in [-0.25, -0.2) is 0 Å². The van der Waals surface area contributed by atoms with Gasteiger partial charge in [0.1, 0.15) is 0 Å². The average molecular weight is 282 g/mol. The fourth-order valence-electron chi connectivity index (χ4n) is 3.35. The highest BCUT2D eigenvalue weighted by molar-refractivity contribution is 5.81. The molecule has 0 spiro atoms. The molecule has 2 fully saturated rings. The zero-order valence-corrected chi connectivity index (χ0v) is 12.5. The van der Waals surface area contributed by atoms with Crippen LogP contribution in [0, 0.1) is 11.8 Å². The number of carbonyl (C=O) groups is 2. The largest absolute Gasteiger partial charge is 0.481 e. The normalized spacial score (nSPS) is 30.0. The van der Waals surface area contributed by atoms with Gasteiger partial charge in [-0.15, -0.1) is 0 Å². The van der Waals surface area contributed by atoms with E-state index in [1.807, 2.05) is 23.6 Å². The molecule has 0 aromatic rings. The van der Waals surface area contributed by atoms with Crippen LogP contribution in [0.5, 0.6) is 0 Å². The first-order valence-electron chi connectivity index (χ1n) is 7.76. The maximum absolute atomic E-state index is 12.6. The first kappa shape index (κ1) is 15.3. The minimum atomic E-state index is -0.741. The van der Waals surface area contributed by atoms with Crippen LogP contribution in [0.25, 0.3) is 0 Å². The molecule has 2 heterocycles. The van der Waals surface area contributed by atoms with Crippen LogP contribution in [0.1, 0.15) is 39.5 Å². The number of amides is 1. The molecule has 5 heteroatoms. The summed E-state index contributed by atoms with van der Waals surface area (Å²) in [7, 11) is 0. The van der Waals surface area contributed by atoms with E-state index in [9.17, 15) is 14.7 Å². The maximum atomic E-state index is 12.6. The van der Waals surface area contributed by atoms with E-state index < -0.39 is 5.97 Å². The summed E-state index contributed by atoms with van der Waals surface area (Å²) in [4.78, 5) is 27.7. The summed E-state index contributed by atoms with van der Waals surface area (Å²) in [5.41, 5.74) is 0. The number of carbonyl (C=O) groups excluding carboxylic acids is 1. The predicted octanol–water partition coefficient (Wildman–Crippen LogP) is 1.43. The quantitative estimate of drug-likeness (QED) is 0.850. The molecule has 114 valence electrons. The topological polar surface area (TPSA) is 60.9 Å². The van der Waals surface area contributed by atoms with Crippen LogP contribution in [0.4, 0.5) is 0 Å². The van der Waals surface area contributed by atoms with Crippen molar-refractivity contribution < 1.29 is 14.7 Å². The Bertz CT molecular complexity index is 364. The Morgan fingerprint density at radius 3 is 2.20 bits per heavy atom. The van der Waals surface area contributed by atoms with E-state index in [1.54, 1.807) is 0 Å². The van der Waals surface area contributed by atoms with Gasteiger partial charge in [-0.05, 0) is 25.7 Å². The third-order valence-electron chi connectivity index (χ3n) is 4.78. The summed E-state index contributed by atoms with van der Waals surface area (Å²) in [6.07, 6.45) is 4.60. The van der Waals surface area contributed by atoms with Gasteiger partial charge in [0.05, 0.1) is 12.0 Å². The third-order valence-corrected chi connectivity index (χ3v) is 4.78. The summed E-state index contributed by atoms with van der Waals surface area (Å²) in [5, 5.41) is 9.19. The van der Waals surface area contributed by atoms with Crippen molar-refractivity contribution in [3.05, 3.63) is 0 Å². The van der Waals surface area contributed by atoms with Crippen molar-refractivity contribution in [3.8, 4) is 0 Å². The van der Waals surface area contributed by atoms with Crippen molar-refractivity contribution >= 4 is 11.9 Å². The van der Waals surface area contributed by atoms with Gasteiger partial charge in [-0.1, -0.05) is 19.8 Å². The van der Waals surface area contributed by atoms with Crippen LogP contribution in [0.3, 0.4) is 0 Å². The minimum Gasteiger partial charge on any atom is -0.481 e. The summed E-state index contributed by atoms with van der Waals surface area (Å²) in [6.45, 7) is 6.80. The second kappa shape index (κ2) is 6.57. The second-order valence-corrected chi connectivity index (χ2v) is 6.29. The molecule has 0 aliphatic carbocycles. The molecule has 2 aliphatic heterocycles. The van der Waals surface area contributed by atoms with Gasteiger partial charge in [-0.2, -0.15) is 0 Å². The molecule has 0 aromatic heterocycles. The van der Waals surface area contributed by atoms with E-state index in [4.69, 9.17) is 0 Å². The minimum absolute atomic E-state index is 0.117. The van der Waals surface area contributed by atoms with Crippen LogP contribution >= 0.6 is 0 Å². The Kier molecular flexibility index (Phi) is 5.02. The van der Waals surface area contributed by atoms with Crippen LogP contribution in [-0.4, -0.2) is 59.0 Å². The second-order valence-electron chi connectivity index (χ2n) is 6.29. The molecular weight excluding hydrogens is 256 g/mol. The average Bonchev–Trinajstić information content (AvgIpc) is 2.64. The van der Waals surface area contributed by atoms with Gasteiger partial charge in [0.25, 0.3) is 0 Å². The Hall–Kier alpha value is -1.10. The molecule has 3 atom stereocenters. The van der Waals surface area contributed by atoms with Crippen molar-refractivity contribution in [2.45, 2.75) is 45.6 Å². The molecule has 0 saturated carbocycles. The first-order chi connectivity index (χ1) is 9.50. The molecule has 5 nitrogen and oxygen atoms in total. The molecule has 20 heavy (non-hydrogen) atoms. The standard InChI is InChI=1S/C15H26N2O3/c1-11-9-17(10-13(11)15(19)20)12(2)14(18)16-7-5-3-4-6-8-16/h11-13H,3-10H2,1-2H3,(H,19,20)/t11-,12?,13-/m1/s1. The van der Waals surface area contributed by atoms with Crippen molar-refractivity contribution in [1.29, 1.82) is 0 Å². The van der Waals surface area contributed by atoms with Gasteiger partial charge in [0.15, 0.2) is 0 Å². The Labute approximate surface area is 120 Å². The highest BCUT2D eigenvalue weighted by atomic mass is 16.4. The smallest absolute Gasteiger partial charge is 0.308 e. The lowest BCUT2D eigenvalue weighted by atomic mass is 9.99.